The van der Waals surface area contributed by atoms with Crippen LogP contribution in [0.2, 0.25) is 0 Å². The third-order valence-corrected chi connectivity index (χ3v) is 3.01. The van der Waals surface area contributed by atoms with Crippen molar-refractivity contribution in [1.82, 2.24) is 5.32 Å². The van der Waals surface area contributed by atoms with Gasteiger partial charge in [-0.2, -0.15) is 0 Å². The molecule has 2 unspecified atom stereocenters. The standard InChI is InChI=1S/C10H12N2/c1-3-11-9-6-10-8(2-4-12-10)5-7(1)9/h1,3,6-8,11H,2,4-5H2. The first-order valence-electron chi connectivity index (χ1n) is 4.62. The van der Waals surface area contributed by atoms with Gasteiger partial charge in [0.2, 0.25) is 0 Å². The number of rotatable bonds is 0. The van der Waals surface area contributed by atoms with E-state index in [-0.39, 0.29) is 0 Å². The number of hydrogen-bond donors (Lipinski definition) is 1. The summed E-state index contributed by atoms with van der Waals surface area (Å²) in [6, 6.07) is 0. The quantitative estimate of drug-likeness (QED) is 0.570. The third-order valence-electron chi connectivity index (χ3n) is 3.01. The molecule has 0 saturated carbocycles. The fourth-order valence-corrected chi connectivity index (χ4v) is 2.32. The van der Waals surface area contributed by atoms with E-state index < -0.39 is 0 Å². The third kappa shape index (κ3) is 0.779. The lowest BCUT2D eigenvalue weighted by atomic mass is 9.83. The van der Waals surface area contributed by atoms with Gasteiger partial charge in [0, 0.05) is 29.8 Å². The van der Waals surface area contributed by atoms with Gasteiger partial charge in [-0.3, -0.25) is 4.99 Å². The summed E-state index contributed by atoms with van der Waals surface area (Å²) in [6.45, 7) is 1.04. The molecule has 2 nitrogen and oxygen atoms in total. The average Bonchev–Trinajstić information content (AvgIpc) is 2.64. The topological polar surface area (TPSA) is 24.4 Å². The Bertz CT molecular complexity index is 299. The zero-order valence-electron chi connectivity index (χ0n) is 6.96. The van der Waals surface area contributed by atoms with Gasteiger partial charge in [-0.05, 0) is 25.1 Å². The fraction of sp³-hybridized carbons (Fsp3) is 0.500. The summed E-state index contributed by atoms with van der Waals surface area (Å²) < 4.78 is 0. The molecule has 1 aliphatic carbocycles. The monoisotopic (exact) mass is 160 g/mol. The molecule has 0 bridgehead atoms. The van der Waals surface area contributed by atoms with Crippen molar-refractivity contribution in [3.63, 3.8) is 0 Å². The summed E-state index contributed by atoms with van der Waals surface area (Å²) in [5, 5.41) is 3.27. The maximum absolute atomic E-state index is 4.49. The highest BCUT2D eigenvalue weighted by molar-refractivity contribution is 5.99. The predicted molar refractivity (Wildman–Crippen MR) is 48.9 cm³/mol. The molecule has 0 amide bonds. The fourth-order valence-electron chi connectivity index (χ4n) is 2.32. The molecular formula is C10H12N2. The molecule has 62 valence electrons. The van der Waals surface area contributed by atoms with Gasteiger partial charge < -0.3 is 5.32 Å². The molecule has 0 radical (unpaired) electrons. The van der Waals surface area contributed by atoms with Gasteiger partial charge in [0.05, 0.1) is 0 Å². The molecule has 0 aromatic rings. The van der Waals surface area contributed by atoms with Crippen LogP contribution in [0.5, 0.6) is 0 Å². The van der Waals surface area contributed by atoms with E-state index in [1.54, 1.807) is 0 Å². The van der Waals surface area contributed by atoms with Crippen LogP contribution in [0.3, 0.4) is 0 Å². The number of allylic oxidation sites excluding steroid dienone is 2. The zero-order valence-corrected chi connectivity index (χ0v) is 6.96. The first kappa shape index (κ1) is 6.46. The highest BCUT2D eigenvalue weighted by Gasteiger charge is 2.30. The Labute approximate surface area is 72.1 Å². The van der Waals surface area contributed by atoms with Crippen molar-refractivity contribution in [3.8, 4) is 0 Å². The number of nitrogens with zero attached hydrogens (tertiary/aromatic N) is 1. The Morgan fingerprint density at radius 2 is 2.50 bits per heavy atom. The minimum absolute atomic E-state index is 0.659. The molecule has 2 heterocycles. The second kappa shape index (κ2) is 2.22. The molecule has 12 heavy (non-hydrogen) atoms. The van der Waals surface area contributed by atoms with E-state index in [9.17, 15) is 0 Å². The summed E-state index contributed by atoms with van der Waals surface area (Å²) in [7, 11) is 0. The van der Waals surface area contributed by atoms with Crippen LogP contribution in [-0.2, 0) is 0 Å². The second-order valence-electron chi connectivity index (χ2n) is 3.74. The van der Waals surface area contributed by atoms with E-state index >= 15 is 0 Å². The van der Waals surface area contributed by atoms with Crippen LogP contribution in [0, 0.1) is 11.8 Å². The smallest absolute Gasteiger partial charge is 0.0399 e. The van der Waals surface area contributed by atoms with E-state index in [2.05, 4.69) is 28.7 Å². The lowest BCUT2D eigenvalue weighted by molar-refractivity contribution is 0.535. The largest absolute Gasteiger partial charge is 0.365 e. The SMILES string of the molecule is C1=CC2CC3CCN=C3C=C2N1. The first-order valence-corrected chi connectivity index (χ1v) is 4.62. The molecule has 2 atom stereocenters. The maximum atomic E-state index is 4.49. The van der Waals surface area contributed by atoms with Crippen LogP contribution in [0.1, 0.15) is 12.8 Å². The van der Waals surface area contributed by atoms with Crippen molar-refractivity contribution >= 4 is 5.71 Å². The minimum atomic E-state index is 0.659. The van der Waals surface area contributed by atoms with Crippen molar-refractivity contribution in [3.05, 3.63) is 24.0 Å². The summed E-state index contributed by atoms with van der Waals surface area (Å²) in [5.74, 6) is 1.41. The lowest BCUT2D eigenvalue weighted by Gasteiger charge is -2.22. The lowest BCUT2D eigenvalue weighted by Crippen LogP contribution is -2.22. The molecule has 0 saturated heterocycles. The summed E-state index contributed by atoms with van der Waals surface area (Å²) in [5.41, 5.74) is 2.68. The van der Waals surface area contributed by atoms with Gasteiger partial charge in [-0.25, -0.2) is 0 Å². The number of nitrogens with one attached hydrogen (secondary N) is 1. The van der Waals surface area contributed by atoms with Crippen molar-refractivity contribution in [2.75, 3.05) is 6.54 Å². The van der Waals surface area contributed by atoms with Crippen LogP contribution < -0.4 is 5.32 Å². The van der Waals surface area contributed by atoms with Gasteiger partial charge in [0.1, 0.15) is 0 Å². The molecule has 1 N–H and O–H groups in total. The molecule has 3 aliphatic rings. The molecule has 0 spiro atoms. The Balaban J connectivity index is 1.99. The predicted octanol–water partition coefficient (Wildman–Crippen LogP) is 1.47. The molecule has 2 heteroatoms. The van der Waals surface area contributed by atoms with Crippen molar-refractivity contribution in [2.45, 2.75) is 12.8 Å². The number of hydrogen-bond acceptors (Lipinski definition) is 2. The van der Waals surface area contributed by atoms with E-state index in [0.29, 0.717) is 5.92 Å². The minimum Gasteiger partial charge on any atom is -0.365 e. The van der Waals surface area contributed by atoms with E-state index in [1.807, 2.05) is 0 Å². The molecule has 0 aromatic carbocycles. The molecule has 3 rings (SSSR count). The molecular weight excluding hydrogens is 148 g/mol. The Morgan fingerprint density at radius 1 is 1.50 bits per heavy atom. The van der Waals surface area contributed by atoms with Gasteiger partial charge in [-0.15, -0.1) is 0 Å². The molecule has 0 aromatic heterocycles. The summed E-state index contributed by atoms with van der Waals surface area (Å²) in [4.78, 5) is 4.49. The molecule has 0 fully saturated rings. The van der Waals surface area contributed by atoms with Crippen LogP contribution in [0.4, 0.5) is 0 Å². The van der Waals surface area contributed by atoms with E-state index in [1.165, 1.54) is 24.3 Å². The highest BCUT2D eigenvalue weighted by atomic mass is 14.9. The van der Waals surface area contributed by atoms with Gasteiger partial charge >= 0.3 is 0 Å². The highest BCUT2D eigenvalue weighted by Crippen LogP contribution is 2.34. The van der Waals surface area contributed by atoms with Gasteiger partial charge in [0.25, 0.3) is 0 Å². The van der Waals surface area contributed by atoms with E-state index in [4.69, 9.17) is 0 Å². The molecule has 2 aliphatic heterocycles. The zero-order chi connectivity index (χ0) is 7.97. The Morgan fingerprint density at radius 3 is 3.50 bits per heavy atom. The van der Waals surface area contributed by atoms with Crippen LogP contribution in [0.25, 0.3) is 0 Å². The normalized spacial score (nSPS) is 36.7. The number of aliphatic imine (C=N–C) groups is 1. The van der Waals surface area contributed by atoms with Crippen molar-refractivity contribution in [2.24, 2.45) is 16.8 Å². The Kier molecular flexibility index (Phi) is 1.20. The first-order chi connectivity index (χ1) is 5.93. The second-order valence-corrected chi connectivity index (χ2v) is 3.74. The van der Waals surface area contributed by atoms with Gasteiger partial charge in [0.15, 0.2) is 0 Å². The van der Waals surface area contributed by atoms with Crippen LogP contribution in [0.15, 0.2) is 29.0 Å². The average molecular weight is 160 g/mol. The van der Waals surface area contributed by atoms with E-state index in [0.717, 1.165) is 12.5 Å². The van der Waals surface area contributed by atoms with Crippen molar-refractivity contribution in [1.29, 1.82) is 0 Å². The van der Waals surface area contributed by atoms with Crippen LogP contribution >= 0.6 is 0 Å². The van der Waals surface area contributed by atoms with Crippen LogP contribution in [-0.4, -0.2) is 12.3 Å². The van der Waals surface area contributed by atoms with Crippen molar-refractivity contribution < 1.29 is 0 Å². The summed E-state index contributed by atoms with van der Waals surface area (Å²) >= 11 is 0. The van der Waals surface area contributed by atoms with Gasteiger partial charge in [-0.1, -0.05) is 6.08 Å². The number of fused-ring (bicyclic) bond motifs is 2. The maximum Gasteiger partial charge on any atom is 0.0399 e. The summed E-state index contributed by atoms with van der Waals surface area (Å²) in [6.07, 6.45) is 9.10. The Hall–Kier alpha value is -1.05.